The number of hydrogen-bond acceptors (Lipinski definition) is 3. The van der Waals surface area contributed by atoms with Crippen LogP contribution in [-0.4, -0.2) is 23.8 Å². The van der Waals surface area contributed by atoms with Crippen molar-refractivity contribution in [1.82, 2.24) is 5.32 Å². The first-order valence-corrected chi connectivity index (χ1v) is 6.30. The first-order chi connectivity index (χ1) is 7.88. The average molecular weight is 240 g/mol. The molecule has 0 bridgehead atoms. The second kappa shape index (κ2) is 6.05. The van der Waals surface area contributed by atoms with E-state index in [0.717, 1.165) is 19.3 Å². The van der Waals surface area contributed by atoms with Crippen molar-refractivity contribution < 1.29 is 9.53 Å². The van der Waals surface area contributed by atoms with E-state index < -0.39 is 11.7 Å². The molecule has 0 saturated carbocycles. The summed E-state index contributed by atoms with van der Waals surface area (Å²) in [4.78, 5) is 11.6. The van der Waals surface area contributed by atoms with Gasteiger partial charge in [-0.05, 0) is 40.0 Å². The standard InChI is InChI=1S/C13H24N2O2/c1-13(2,3)17-12(16)15-11-9-7-5-4-6-8-10(11)14/h7,9-11H,4-6,8,14H2,1-3H3,(H,15,16)/b9-7+/t10-,11+/m1/s1. The normalized spacial score (nSPS) is 27.8. The van der Waals surface area contributed by atoms with Crippen LogP contribution in [0.15, 0.2) is 12.2 Å². The highest BCUT2D eigenvalue weighted by atomic mass is 16.6. The monoisotopic (exact) mass is 240 g/mol. The molecule has 0 fully saturated rings. The first kappa shape index (κ1) is 14.0. The number of carbonyl (C=O) groups is 1. The molecule has 0 saturated heterocycles. The molecule has 0 aliphatic heterocycles. The molecule has 0 aromatic heterocycles. The Balaban J connectivity index is 2.52. The van der Waals surface area contributed by atoms with Crippen molar-refractivity contribution in [2.24, 2.45) is 5.73 Å². The molecule has 0 heterocycles. The molecule has 4 nitrogen and oxygen atoms in total. The van der Waals surface area contributed by atoms with Crippen LogP contribution >= 0.6 is 0 Å². The van der Waals surface area contributed by atoms with Gasteiger partial charge >= 0.3 is 6.09 Å². The number of allylic oxidation sites excluding steroid dienone is 1. The Morgan fingerprint density at radius 1 is 1.41 bits per heavy atom. The summed E-state index contributed by atoms with van der Waals surface area (Å²) in [6.07, 6.45) is 7.93. The molecule has 2 atom stereocenters. The van der Waals surface area contributed by atoms with Crippen molar-refractivity contribution in [3.63, 3.8) is 0 Å². The highest BCUT2D eigenvalue weighted by molar-refractivity contribution is 5.68. The van der Waals surface area contributed by atoms with Crippen molar-refractivity contribution in [3.05, 3.63) is 12.2 Å². The average Bonchev–Trinajstić information content (AvgIpc) is 2.15. The van der Waals surface area contributed by atoms with Gasteiger partial charge in [0.05, 0.1) is 6.04 Å². The lowest BCUT2D eigenvalue weighted by molar-refractivity contribution is 0.0507. The van der Waals surface area contributed by atoms with E-state index in [9.17, 15) is 4.79 Å². The molecule has 98 valence electrons. The number of nitrogens with two attached hydrogens (primary N) is 1. The van der Waals surface area contributed by atoms with Crippen molar-refractivity contribution in [2.45, 2.75) is 64.1 Å². The summed E-state index contributed by atoms with van der Waals surface area (Å²) in [5.41, 5.74) is 5.57. The lowest BCUT2D eigenvalue weighted by Gasteiger charge is -2.26. The molecule has 1 amide bonds. The lowest BCUT2D eigenvalue weighted by Crippen LogP contribution is -2.48. The summed E-state index contributed by atoms with van der Waals surface area (Å²) in [7, 11) is 0. The smallest absolute Gasteiger partial charge is 0.408 e. The van der Waals surface area contributed by atoms with Gasteiger partial charge in [-0.15, -0.1) is 0 Å². The summed E-state index contributed by atoms with van der Waals surface area (Å²) >= 11 is 0. The Morgan fingerprint density at radius 2 is 2.12 bits per heavy atom. The minimum Gasteiger partial charge on any atom is -0.444 e. The summed E-state index contributed by atoms with van der Waals surface area (Å²) in [5, 5.41) is 2.82. The van der Waals surface area contributed by atoms with Crippen LogP contribution in [0.3, 0.4) is 0 Å². The maximum Gasteiger partial charge on any atom is 0.408 e. The third-order valence-electron chi connectivity index (χ3n) is 2.65. The zero-order chi connectivity index (χ0) is 12.9. The van der Waals surface area contributed by atoms with Crippen molar-refractivity contribution >= 4 is 6.09 Å². The largest absolute Gasteiger partial charge is 0.444 e. The number of alkyl carbamates (subject to hydrolysis) is 1. The van der Waals surface area contributed by atoms with Crippen LogP contribution in [0.2, 0.25) is 0 Å². The highest BCUT2D eigenvalue weighted by Crippen LogP contribution is 2.12. The van der Waals surface area contributed by atoms with Crippen LogP contribution in [0.4, 0.5) is 4.79 Å². The van der Waals surface area contributed by atoms with Gasteiger partial charge in [0.1, 0.15) is 5.60 Å². The third kappa shape index (κ3) is 5.73. The number of hydrogen-bond donors (Lipinski definition) is 2. The molecule has 0 aromatic rings. The van der Waals surface area contributed by atoms with Crippen LogP contribution < -0.4 is 11.1 Å². The van der Waals surface area contributed by atoms with Gasteiger partial charge in [0.15, 0.2) is 0 Å². The Hall–Kier alpha value is -1.03. The van der Waals surface area contributed by atoms with Crippen molar-refractivity contribution in [3.8, 4) is 0 Å². The van der Waals surface area contributed by atoms with E-state index in [1.807, 2.05) is 26.8 Å². The zero-order valence-electron chi connectivity index (χ0n) is 11.0. The third-order valence-corrected chi connectivity index (χ3v) is 2.65. The van der Waals surface area contributed by atoms with Gasteiger partial charge in [-0.3, -0.25) is 0 Å². The Bertz CT molecular complexity index is 282. The van der Waals surface area contributed by atoms with Gasteiger partial charge in [-0.25, -0.2) is 4.79 Å². The van der Waals surface area contributed by atoms with E-state index >= 15 is 0 Å². The Labute approximate surface area is 104 Å². The van der Waals surface area contributed by atoms with E-state index in [4.69, 9.17) is 10.5 Å². The molecule has 3 N–H and O–H groups in total. The molecule has 0 radical (unpaired) electrons. The SMILES string of the molecule is CC(C)(C)OC(=O)N[C@H]1/C=C/CCCC[C@H]1N. The van der Waals surface area contributed by atoms with Crippen LogP contribution in [0.5, 0.6) is 0 Å². The molecule has 1 aliphatic rings. The second-order valence-corrected chi connectivity index (χ2v) is 5.55. The number of nitrogens with one attached hydrogen (secondary N) is 1. The van der Waals surface area contributed by atoms with E-state index in [0.29, 0.717) is 0 Å². The van der Waals surface area contributed by atoms with Crippen LogP contribution in [0, 0.1) is 0 Å². The summed E-state index contributed by atoms with van der Waals surface area (Å²) in [6.45, 7) is 5.54. The second-order valence-electron chi connectivity index (χ2n) is 5.55. The van der Waals surface area contributed by atoms with Crippen LogP contribution in [0.1, 0.15) is 46.5 Å². The lowest BCUT2D eigenvalue weighted by atomic mass is 9.98. The van der Waals surface area contributed by atoms with Gasteiger partial charge in [0.25, 0.3) is 0 Å². The predicted molar refractivity (Wildman–Crippen MR) is 68.7 cm³/mol. The van der Waals surface area contributed by atoms with E-state index in [1.54, 1.807) is 0 Å². The molecular formula is C13H24N2O2. The van der Waals surface area contributed by atoms with E-state index in [-0.39, 0.29) is 12.1 Å². The molecule has 0 spiro atoms. The van der Waals surface area contributed by atoms with Gasteiger partial charge < -0.3 is 15.8 Å². The van der Waals surface area contributed by atoms with Gasteiger partial charge in [-0.2, -0.15) is 0 Å². The van der Waals surface area contributed by atoms with Gasteiger partial charge in [0.2, 0.25) is 0 Å². The topological polar surface area (TPSA) is 64.3 Å². The Morgan fingerprint density at radius 3 is 2.76 bits per heavy atom. The summed E-state index contributed by atoms with van der Waals surface area (Å²) < 4.78 is 5.22. The fourth-order valence-electron chi connectivity index (χ4n) is 1.81. The molecule has 4 heteroatoms. The number of rotatable bonds is 1. The minimum absolute atomic E-state index is 0.0286. The van der Waals surface area contributed by atoms with E-state index in [1.165, 1.54) is 6.42 Å². The first-order valence-electron chi connectivity index (χ1n) is 6.30. The predicted octanol–water partition coefficient (Wildman–Crippen LogP) is 2.34. The fraction of sp³-hybridized carbons (Fsp3) is 0.769. The van der Waals surface area contributed by atoms with Gasteiger partial charge in [-0.1, -0.05) is 18.6 Å². The molecule has 0 unspecified atom stereocenters. The summed E-state index contributed by atoms with van der Waals surface area (Å²) in [6, 6.07) is -0.149. The number of carbonyl (C=O) groups excluding carboxylic acids is 1. The summed E-state index contributed by atoms with van der Waals surface area (Å²) in [5.74, 6) is 0. The maximum absolute atomic E-state index is 11.6. The van der Waals surface area contributed by atoms with Crippen LogP contribution in [-0.2, 0) is 4.74 Å². The quantitative estimate of drug-likeness (QED) is 0.691. The van der Waals surface area contributed by atoms with Crippen molar-refractivity contribution in [1.29, 1.82) is 0 Å². The zero-order valence-corrected chi connectivity index (χ0v) is 11.0. The fourth-order valence-corrected chi connectivity index (χ4v) is 1.81. The Kier molecular flexibility index (Phi) is 5.00. The molecule has 17 heavy (non-hydrogen) atoms. The number of amides is 1. The van der Waals surface area contributed by atoms with Crippen LogP contribution in [0.25, 0.3) is 0 Å². The minimum atomic E-state index is -0.473. The highest BCUT2D eigenvalue weighted by Gasteiger charge is 2.22. The van der Waals surface area contributed by atoms with E-state index in [2.05, 4.69) is 11.4 Å². The molecule has 1 aliphatic carbocycles. The van der Waals surface area contributed by atoms with Gasteiger partial charge in [0, 0.05) is 6.04 Å². The van der Waals surface area contributed by atoms with Crippen molar-refractivity contribution in [2.75, 3.05) is 0 Å². The molecular weight excluding hydrogens is 216 g/mol. The maximum atomic E-state index is 11.6. The molecule has 1 rings (SSSR count). The number of ether oxygens (including phenoxy) is 1. The molecule has 0 aromatic carbocycles.